The van der Waals surface area contributed by atoms with Gasteiger partial charge in [0.05, 0.1) is 25.0 Å². The van der Waals surface area contributed by atoms with Gasteiger partial charge < -0.3 is 9.30 Å². The number of methoxy groups -OCH3 is 1. The molecule has 0 radical (unpaired) electrons. The molecule has 5 heteroatoms. The van der Waals surface area contributed by atoms with Gasteiger partial charge in [-0.3, -0.25) is 0 Å². The summed E-state index contributed by atoms with van der Waals surface area (Å²) in [5.41, 5.74) is 2.89. The highest BCUT2D eigenvalue weighted by molar-refractivity contribution is 9.10. The second-order valence-corrected chi connectivity index (χ2v) is 6.15. The normalized spacial score (nSPS) is 12.2. The molecule has 1 unspecified atom stereocenters. The van der Waals surface area contributed by atoms with Gasteiger partial charge in [0.15, 0.2) is 0 Å². The third-order valence-electron chi connectivity index (χ3n) is 3.82. The van der Waals surface area contributed by atoms with Crippen molar-refractivity contribution < 1.29 is 9.53 Å². The fourth-order valence-corrected chi connectivity index (χ4v) is 3.20. The molecule has 0 amide bonds. The summed E-state index contributed by atoms with van der Waals surface area (Å²) in [6.07, 6.45) is 7.15. The predicted octanol–water partition coefficient (Wildman–Crippen LogP) is 4.38. The zero-order chi connectivity index (χ0) is 16.1. The van der Waals surface area contributed by atoms with E-state index in [1.54, 1.807) is 12.1 Å². The molecule has 0 saturated heterocycles. The Bertz CT molecular complexity index is 652. The minimum absolute atomic E-state index is 0.149. The number of esters is 1. The maximum atomic E-state index is 11.6. The third kappa shape index (κ3) is 3.58. The van der Waals surface area contributed by atoms with Crippen LogP contribution in [0.4, 0.5) is 0 Å². The van der Waals surface area contributed by atoms with Gasteiger partial charge in [-0.1, -0.05) is 35.3 Å². The first kappa shape index (κ1) is 16.7. The van der Waals surface area contributed by atoms with Gasteiger partial charge in [-0.05, 0) is 37.5 Å². The van der Waals surface area contributed by atoms with Crippen molar-refractivity contribution in [3.05, 3.63) is 52.0 Å². The molecule has 1 aromatic heterocycles. The van der Waals surface area contributed by atoms with Gasteiger partial charge in [-0.25, -0.2) is 9.78 Å². The molecule has 2 rings (SSSR count). The lowest BCUT2D eigenvalue weighted by Gasteiger charge is -2.19. The van der Waals surface area contributed by atoms with Gasteiger partial charge in [0.2, 0.25) is 0 Å². The maximum absolute atomic E-state index is 11.6. The quantitative estimate of drug-likeness (QED) is 0.714. The van der Waals surface area contributed by atoms with Crippen LogP contribution >= 0.6 is 15.9 Å². The molecular weight excluding hydrogens is 344 g/mol. The van der Waals surface area contributed by atoms with Gasteiger partial charge in [-0.15, -0.1) is 0 Å². The first-order valence-corrected chi connectivity index (χ1v) is 8.26. The second kappa shape index (κ2) is 7.58. The van der Waals surface area contributed by atoms with Crippen molar-refractivity contribution in [3.8, 4) is 0 Å². The van der Waals surface area contributed by atoms with E-state index in [0.717, 1.165) is 29.3 Å². The Morgan fingerprint density at radius 2 is 2.23 bits per heavy atom. The van der Waals surface area contributed by atoms with Crippen molar-refractivity contribution >= 4 is 21.9 Å². The van der Waals surface area contributed by atoms with Crippen LogP contribution in [-0.2, 0) is 11.2 Å². The van der Waals surface area contributed by atoms with Crippen LogP contribution in [0.25, 0.3) is 0 Å². The van der Waals surface area contributed by atoms with Crippen LogP contribution in [0.15, 0.2) is 35.2 Å². The molecule has 0 aliphatic heterocycles. The van der Waals surface area contributed by atoms with E-state index in [0.29, 0.717) is 5.56 Å². The van der Waals surface area contributed by atoms with Crippen molar-refractivity contribution in [3.63, 3.8) is 0 Å². The molecule has 0 saturated carbocycles. The number of unbranched alkanes of at least 4 members (excludes halogenated alkanes) is 1. The smallest absolute Gasteiger partial charge is 0.337 e. The summed E-state index contributed by atoms with van der Waals surface area (Å²) in [6, 6.07) is 5.71. The molecule has 1 atom stereocenters. The maximum Gasteiger partial charge on any atom is 0.337 e. The van der Waals surface area contributed by atoms with Gasteiger partial charge >= 0.3 is 5.97 Å². The molecule has 118 valence electrons. The van der Waals surface area contributed by atoms with E-state index in [1.807, 2.05) is 18.6 Å². The number of aryl methyl sites for hydroxylation is 1. The van der Waals surface area contributed by atoms with Crippen molar-refractivity contribution in [1.29, 1.82) is 0 Å². The number of carbonyl (C=O) groups is 1. The van der Waals surface area contributed by atoms with Crippen LogP contribution in [0.2, 0.25) is 0 Å². The van der Waals surface area contributed by atoms with E-state index in [2.05, 4.69) is 39.3 Å². The van der Waals surface area contributed by atoms with Crippen LogP contribution in [0, 0.1) is 0 Å². The fraction of sp³-hybridized carbons (Fsp3) is 0.412. The Morgan fingerprint density at radius 3 is 2.86 bits per heavy atom. The predicted molar refractivity (Wildman–Crippen MR) is 90.1 cm³/mol. The monoisotopic (exact) mass is 364 g/mol. The van der Waals surface area contributed by atoms with E-state index < -0.39 is 0 Å². The lowest BCUT2D eigenvalue weighted by atomic mass is 10.1. The van der Waals surface area contributed by atoms with Crippen LogP contribution in [0.3, 0.4) is 0 Å². The number of ether oxygens (including phenoxy) is 1. The number of carbonyl (C=O) groups excluding carboxylic acids is 1. The van der Waals surface area contributed by atoms with E-state index in [-0.39, 0.29) is 12.0 Å². The molecule has 2 aromatic rings. The molecule has 0 aliphatic rings. The number of aromatic nitrogens is 2. The van der Waals surface area contributed by atoms with Crippen molar-refractivity contribution in [2.75, 3.05) is 7.11 Å². The van der Waals surface area contributed by atoms with Crippen LogP contribution in [-0.4, -0.2) is 22.6 Å². The SMILES string of the molecule is CCCCc1cncn1C(C)c1ccc(C(=O)OC)cc1Br. The Hall–Kier alpha value is -1.62. The van der Waals surface area contributed by atoms with E-state index in [1.165, 1.54) is 12.8 Å². The molecule has 0 fully saturated rings. The Labute approximate surface area is 139 Å². The molecule has 0 N–H and O–H groups in total. The number of halogens is 1. The molecular formula is C17H21BrN2O2. The van der Waals surface area contributed by atoms with Gasteiger partial charge in [0, 0.05) is 16.4 Å². The Kier molecular flexibility index (Phi) is 5.77. The summed E-state index contributed by atoms with van der Waals surface area (Å²) < 4.78 is 7.84. The lowest BCUT2D eigenvalue weighted by Crippen LogP contribution is -2.11. The van der Waals surface area contributed by atoms with Crippen molar-refractivity contribution in [2.24, 2.45) is 0 Å². The third-order valence-corrected chi connectivity index (χ3v) is 4.51. The minimum Gasteiger partial charge on any atom is -0.465 e. The topological polar surface area (TPSA) is 44.1 Å². The van der Waals surface area contributed by atoms with Crippen molar-refractivity contribution in [1.82, 2.24) is 9.55 Å². The van der Waals surface area contributed by atoms with E-state index in [9.17, 15) is 4.79 Å². The van der Waals surface area contributed by atoms with Gasteiger partial charge in [-0.2, -0.15) is 0 Å². The summed E-state index contributed by atoms with van der Waals surface area (Å²) in [4.78, 5) is 15.9. The van der Waals surface area contributed by atoms with Crippen LogP contribution in [0.5, 0.6) is 0 Å². The highest BCUT2D eigenvalue weighted by Crippen LogP contribution is 2.28. The second-order valence-electron chi connectivity index (χ2n) is 5.30. The molecule has 0 bridgehead atoms. The summed E-state index contributed by atoms with van der Waals surface area (Å²) in [6.45, 7) is 4.32. The average Bonchev–Trinajstić information content (AvgIpc) is 2.99. The fourth-order valence-electron chi connectivity index (χ4n) is 2.49. The Balaban J connectivity index is 2.28. The van der Waals surface area contributed by atoms with Crippen molar-refractivity contribution in [2.45, 2.75) is 39.2 Å². The standard InChI is InChI=1S/C17H21BrN2O2/c1-4-5-6-14-10-19-11-20(14)12(2)15-8-7-13(9-16(15)18)17(21)22-3/h7-12H,4-6H2,1-3H3. The highest BCUT2D eigenvalue weighted by atomic mass is 79.9. The number of benzene rings is 1. The first-order valence-electron chi connectivity index (χ1n) is 7.47. The number of rotatable bonds is 6. The average molecular weight is 365 g/mol. The molecule has 0 aliphatic carbocycles. The molecule has 4 nitrogen and oxygen atoms in total. The zero-order valence-corrected chi connectivity index (χ0v) is 14.8. The van der Waals surface area contributed by atoms with Gasteiger partial charge in [0.1, 0.15) is 0 Å². The number of nitrogens with zero attached hydrogens (tertiary/aromatic N) is 2. The van der Waals surface area contributed by atoms with Crippen LogP contribution < -0.4 is 0 Å². The zero-order valence-electron chi connectivity index (χ0n) is 13.2. The summed E-state index contributed by atoms with van der Waals surface area (Å²) >= 11 is 3.57. The van der Waals surface area contributed by atoms with E-state index >= 15 is 0 Å². The number of hydrogen-bond donors (Lipinski definition) is 0. The Morgan fingerprint density at radius 1 is 1.45 bits per heavy atom. The molecule has 1 aromatic carbocycles. The lowest BCUT2D eigenvalue weighted by molar-refractivity contribution is 0.0600. The number of imidazole rings is 1. The highest BCUT2D eigenvalue weighted by Gasteiger charge is 2.16. The molecule has 22 heavy (non-hydrogen) atoms. The largest absolute Gasteiger partial charge is 0.465 e. The minimum atomic E-state index is -0.328. The summed E-state index contributed by atoms with van der Waals surface area (Å²) in [5, 5.41) is 0. The molecule has 1 heterocycles. The van der Waals surface area contributed by atoms with Gasteiger partial charge in [0.25, 0.3) is 0 Å². The van der Waals surface area contributed by atoms with Crippen LogP contribution in [0.1, 0.15) is 54.3 Å². The number of hydrogen-bond acceptors (Lipinski definition) is 3. The first-order chi connectivity index (χ1) is 10.6. The van der Waals surface area contributed by atoms with E-state index in [4.69, 9.17) is 4.74 Å². The summed E-state index contributed by atoms with van der Waals surface area (Å²) in [5.74, 6) is -0.328. The summed E-state index contributed by atoms with van der Waals surface area (Å²) in [7, 11) is 1.39. The molecule has 0 spiro atoms.